The van der Waals surface area contributed by atoms with Gasteiger partial charge in [-0.1, -0.05) is 13.0 Å². The minimum absolute atomic E-state index is 0.837. The SMILES string of the molecule is C=CCN1CCN(CCn2cc(CN3CCC[C@@H](C)C3)c(C)n2)CC1. The van der Waals surface area contributed by atoms with Crippen LogP contribution in [0.2, 0.25) is 0 Å². The Kier molecular flexibility index (Phi) is 6.68. The van der Waals surface area contributed by atoms with Crippen molar-refractivity contribution in [3.05, 3.63) is 30.1 Å². The van der Waals surface area contributed by atoms with Gasteiger partial charge in [-0.3, -0.25) is 19.4 Å². The fraction of sp³-hybridized carbons (Fsp3) is 0.750. The highest BCUT2D eigenvalue weighted by Gasteiger charge is 2.19. The van der Waals surface area contributed by atoms with Crippen LogP contribution in [0.1, 0.15) is 31.0 Å². The van der Waals surface area contributed by atoms with E-state index in [9.17, 15) is 0 Å². The molecule has 5 nitrogen and oxygen atoms in total. The number of hydrogen-bond acceptors (Lipinski definition) is 4. The Hall–Kier alpha value is -1.17. The Balaban J connectivity index is 1.45. The molecular weight excluding hydrogens is 310 g/mol. The van der Waals surface area contributed by atoms with Crippen LogP contribution < -0.4 is 0 Å². The molecule has 2 aliphatic rings. The summed E-state index contributed by atoms with van der Waals surface area (Å²) in [5.74, 6) is 0.837. The van der Waals surface area contributed by atoms with Gasteiger partial charge in [0.25, 0.3) is 0 Å². The molecule has 0 radical (unpaired) electrons. The largest absolute Gasteiger partial charge is 0.299 e. The second-order valence-corrected chi connectivity index (χ2v) is 7.92. The third kappa shape index (κ3) is 5.40. The summed E-state index contributed by atoms with van der Waals surface area (Å²) in [5, 5.41) is 4.76. The van der Waals surface area contributed by atoms with Gasteiger partial charge in [-0.2, -0.15) is 5.10 Å². The molecule has 0 aliphatic carbocycles. The number of rotatable bonds is 7. The summed E-state index contributed by atoms with van der Waals surface area (Å²) in [6, 6.07) is 0. The van der Waals surface area contributed by atoms with E-state index >= 15 is 0 Å². The highest BCUT2D eigenvalue weighted by atomic mass is 15.3. The minimum atomic E-state index is 0.837. The van der Waals surface area contributed by atoms with E-state index in [1.54, 1.807) is 0 Å². The fourth-order valence-corrected chi connectivity index (χ4v) is 4.12. The number of aryl methyl sites for hydroxylation is 1. The molecule has 0 N–H and O–H groups in total. The molecule has 5 heteroatoms. The topological polar surface area (TPSA) is 27.5 Å². The quantitative estimate of drug-likeness (QED) is 0.708. The van der Waals surface area contributed by atoms with E-state index in [0.29, 0.717) is 0 Å². The van der Waals surface area contributed by atoms with Gasteiger partial charge in [0.1, 0.15) is 0 Å². The number of likely N-dealkylation sites (tertiary alicyclic amines) is 1. The van der Waals surface area contributed by atoms with Gasteiger partial charge in [0.2, 0.25) is 0 Å². The Morgan fingerprint density at radius 1 is 1.12 bits per heavy atom. The molecule has 2 saturated heterocycles. The van der Waals surface area contributed by atoms with Crippen LogP contribution >= 0.6 is 0 Å². The first-order valence-corrected chi connectivity index (χ1v) is 9.95. The number of nitrogens with zero attached hydrogens (tertiary/aromatic N) is 5. The average molecular weight is 346 g/mol. The zero-order valence-electron chi connectivity index (χ0n) is 16.2. The van der Waals surface area contributed by atoms with Crippen molar-refractivity contribution in [3.8, 4) is 0 Å². The van der Waals surface area contributed by atoms with Crippen LogP contribution in [0.3, 0.4) is 0 Å². The third-order valence-corrected chi connectivity index (χ3v) is 5.68. The van der Waals surface area contributed by atoms with Crippen molar-refractivity contribution in [1.82, 2.24) is 24.5 Å². The lowest BCUT2D eigenvalue weighted by Crippen LogP contribution is -2.47. The molecule has 3 rings (SSSR count). The normalized spacial score (nSPS) is 23.8. The van der Waals surface area contributed by atoms with Crippen molar-refractivity contribution in [1.29, 1.82) is 0 Å². The molecule has 0 spiro atoms. The van der Waals surface area contributed by atoms with Crippen LogP contribution in [0.25, 0.3) is 0 Å². The molecule has 2 fully saturated rings. The van der Waals surface area contributed by atoms with Crippen molar-refractivity contribution in [3.63, 3.8) is 0 Å². The first-order valence-electron chi connectivity index (χ1n) is 9.95. The summed E-state index contributed by atoms with van der Waals surface area (Å²) in [4.78, 5) is 7.63. The van der Waals surface area contributed by atoms with Gasteiger partial charge in [0.15, 0.2) is 0 Å². The monoisotopic (exact) mass is 345 g/mol. The summed E-state index contributed by atoms with van der Waals surface area (Å²) < 4.78 is 2.16. The van der Waals surface area contributed by atoms with Gasteiger partial charge in [0.05, 0.1) is 12.2 Å². The molecule has 0 unspecified atom stereocenters. The highest BCUT2D eigenvalue weighted by Crippen LogP contribution is 2.19. The second kappa shape index (κ2) is 8.97. The number of piperazine rings is 1. The van der Waals surface area contributed by atoms with Crippen molar-refractivity contribution in [2.24, 2.45) is 5.92 Å². The van der Waals surface area contributed by atoms with Crippen LogP contribution in [0.5, 0.6) is 0 Å². The van der Waals surface area contributed by atoms with Crippen molar-refractivity contribution in [2.45, 2.75) is 39.8 Å². The molecule has 0 amide bonds. The summed E-state index contributed by atoms with van der Waals surface area (Å²) in [6.45, 7) is 19.7. The van der Waals surface area contributed by atoms with Crippen molar-refractivity contribution in [2.75, 3.05) is 52.4 Å². The predicted molar refractivity (Wildman–Crippen MR) is 104 cm³/mol. The van der Waals surface area contributed by atoms with E-state index in [-0.39, 0.29) is 0 Å². The maximum atomic E-state index is 4.76. The molecule has 1 aromatic heterocycles. The smallest absolute Gasteiger partial charge is 0.0638 e. The van der Waals surface area contributed by atoms with Crippen LogP contribution in [0.15, 0.2) is 18.9 Å². The van der Waals surface area contributed by atoms with Gasteiger partial charge in [-0.15, -0.1) is 6.58 Å². The Labute approximate surface area is 153 Å². The molecule has 0 saturated carbocycles. The first-order chi connectivity index (χ1) is 12.1. The van der Waals surface area contributed by atoms with E-state index in [4.69, 9.17) is 5.10 Å². The van der Waals surface area contributed by atoms with Crippen LogP contribution in [-0.4, -0.2) is 76.8 Å². The molecular formula is C20H35N5. The van der Waals surface area contributed by atoms with Crippen molar-refractivity contribution < 1.29 is 0 Å². The molecule has 3 heterocycles. The molecule has 140 valence electrons. The maximum Gasteiger partial charge on any atom is 0.0638 e. The maximum absolute atomic E-state index is 4.76. The van der Waals surface area contributed by atoms with E-state index in [0.717, 1.165) is 58.3 Å². The Morgan fingerprint density at radius 3 is 2.60 bits per heavy atom. The zero-order valence-corrected chi connectivity index (χ0v) is 16.2. The minimum Gasteiger partial charge on any atom is -0.299 e. The van der Waals surface area contributed by atoms with Crippen LogP contribution in [-0.2, 0) is 13.1 Å². The standard InChI is InChI=1S/C20H35N5/c1-4-7-22-9-11-23(12-10-22)13-14-25-17-20(19(3)21-25)16-24-8-5-6-18(2)15-24/h4,17-18H,1,5-16H2,2-3H3/t18-/m1/s1. The van der Waals surface area contributed by atoms with E-state index < -0.39 is 0 Å². The summed E-state index contributed by atoms with van der Waals surface area (Å²) in [6.07, 6.45) is 7.01. The van der Waals surface area contributed by atoms with Gasteiger partial charge in [0, 0.05) is 64.1 Å². The number of hydrogen-bond donors (Lipinski definition) is 0. The van der Waals surface area contributed by atoms with E-state index in [1.807, 2.05) is 6.08 Å². The average Bonchev–Trinajstić information content (AvgIpc) is 2.94. The summed E-state index contributed by atoms with van der Waals surface area (Å²) in [5.41, 5.74) is 2.61. The molecule has 1 atom stereocenters. The van der Waals surface area contributed by atoms with Crippen LogP contribution in [0.4, 0.5) is 0 Å². The predicted octanol–water partition coefficient (Wildman–Crippen LogP) is 2.23. The number of piperidine rings is 1. The van der Waals surface area contributed by atoms with Gasteiger partial charge in [-0.25, -0.2) is 0 Å². The molecule has 2 aliphatic heterocycles. The summed E-state index contributed by atoms with van der Waals surface area (Å²) in [7, 11) is 0. The molecule has 0 bridgehead atoms. The Bertz CT molecular complexity index is 544. The summed E-state index contributed by atoms with van der Waals surface area (Å²) >= 11 is 0. The van der Waals surface area contributed by atoms with Crippen LogP contribution in [0, 0.1) is 12.8 Å². The molecule has 0 aromatic carbocycles. The Morgan fingerprint density at radius 2 is 1.88 bits per heavy atom. The van der Waals surface area contributed by atoms with Gasteiger partial charge < -0.3 is 0 Å². The lowest BCUT2D eigenvalue weighted by Gasteiger charge is -2.34. The first kappa shape index (κ1) is 18.6. The zero-order chi connectivity index (χ0) is 17.6. The molecule has 1 aromatic rings. The fourth-order valence-electron chi connectivity index (χ4n) is 4.12. The van der Waals surface area contributed by atoms with Gasteiger partial charge >= 0.3 is 0 Å². The lowest BCUT2D eigenvalue weighted by molar-refractivity contribution is 0.138. The van der Waals surface area contributed by atoms with Crippen molar-refractivity contribution >= 4 is 0 Å². The van der Waals surface area contributed by atoms with E-state index in [1.165, 1.54) is 37.2 Å². The highest BCUT2D eigenvalue weighted by molar-refractivity contribution is 5.15. The number of aromatic nitrogens is 2. The van der Waals surface area contributed by atoms with Gasteiger partial charge in [-0.05, 0) is 32.2 Å². The second-order valence-electron chi connectivity index (χ2n) is 7.92. The molecule has 25 heavy (non-hydrogen) atoms. The lowest BCUT2D eigenvalue weighted by atomic mass is 10.00. The third-order valence-electron chi connectivity index (χ3n) is 5.68. The van der Waals surface area contributed by atoms with E-state index in [2.05, 4.69) is 46.0 Å².